The van der Waals surface area contributed by atoms with Gasteiger partial charge in [0.2, 0.25) is 0 Å². The Morgan fingerprint density at radius 2 is 0.481 bits per heavy atom. The van der Waals surface area contributed by atoms with Crippen LogP contribution in [0.5, 0.6) is 0 Å². The topological polar surface area (TPSA) is 78.9 Å². The van der Waals surface area contributed by atoms with Gasteiger partial charge in [-0.25, -0.2) is 0 Å². The van der Waals surface area contributed by atoms with Crippen LogP contribution in [0.3, 0.4) is 0 Å². The molecule has 1 unspecified atom stereocenters. The number of carbonyl (C=O) groups excluding carboxylic acids is 3. The third-order valence-electron chi connectivity index (χ3n) is 16.0. The summed E-state index contributed by atoms with van der Waals surface area (Å²) in [7, 11) is 0. The van der Waals surface area contributed by atoms with Crippen LogP contribution in [0.2, 0.25) is 0 Å². The molecule has 1 atom stereocenters. The van der Waals surface area contributed by atoms with E-state index in [9.17, 15) is 14.4 Å². The summed E-state index contributed by atoms with van der Waals surface area (Å²) >= 11 is 0. The van der Waals surface area contributed by atoms with Gasteiger partial charge in [0.05, 0.1) is 0 Å². The van der Waals surface area contributed by atoms with Gasteiger partial charge in [-0.1, -0.05) is 358 Å². The second-order valence-electron chi connectivity index (χ2n) is 24.1. The van der Waals surface area contributed by atoms with Gasteiger partial charge >= 0.3 is 17.9 Å². The Morgan fingerprint density at radius 3 is 0.753 bits per heavy atom. The molecule has 0 heterocycles. The molecule has 81 heavy (non-hydrogen) atoms. The smallest absolute Gasteiger partial charge is 0.306 e. The fourth-order valence-corrected chi connectivity index (χ4v) is 10.7. The van der Waals surface area contributed by atoms with E-state index in [0.717, 1.165) is 96.3 Å². The highest BCUT2D eigenvalue weighted by atomic mass is 16.6. The average Bonchev–Trinajstić information content (AvgIpc) is 3.46. The first-order valence-electron chi connectivity index (χ1n) is 35.8. The van der Waals surface area contributed by atoms with Gasteiger partial charge in [0.1, 0.15) is 13.2 Å². The van der Waals surface area contributed by atoms with Gasteiger partial charge in [0, 0.05) is 19.3 Å². The maximum atomic E-state index is 12.9. The van der Waals surface area contributed by atoms with E-state index in [2.05, 4.69) is 81.5 Å². The summed E-state index contributed by atoms with van der Waals surface area (Å²) in [5, 5.41) is 0. The van der Waals surface area contributed by atoms with Gasteiger partial charge in [-0.3, -0.25) is 14.4 Å². The summed E-state index contributed by atoms with van der Waals surface area (Å²) in [6.45, 7) is 6.56. The van der Waals surface area contributed by atoms with E-state index in [4.69, 9.17) is 14.2 Å². The van der Waals surface area contributed by atoms with Gasteiger partial charge < -0.3 is 14.2 Å². The molecule has 6 nitrogen and oxygen atoms in total. The lowest BCUT2D eigenvalue weighted by molar-refractivity contribution is -0.167. The summed E-state index contributed by atoms with van der Waals surface area (Å²) in [4.78, 5) is 38.4. The molecule has 0 N–H and O–H groups in total. The molecule has 0 aromatic rings. The van der Waals surface area contributed by atoms with Gasteiger partial charge in [0.15, 0.2) is 6.10 Å². The second-order valence-corrected chi connectivity index (χ2v) is 24.1. The number of allylic oxidation sites excluding steroid dienone is 10. The molecule has 0 amide bonds. The maximum absolute atomic E-state index is 12.9. The Hall–Kier alpha value is -2.89. The Bertz CT molecular complexity index is 1440. The number of rotatable bonds is 66. The van der Waals surface area contributed by atoms with Crippen molar-refractivity contribution in [3.05, 3.63) is 60.8 Å². The molecule has 0 aromatic carbocycles. The highest BCUT2D eigenvalue weighted by Gasteiger charge is 2.19. The quantitative estimate of drug-likeness (QED) is 0.0261. The van der Waals surface area contributed by atoms with Crippen LogP contribution >= 0.6 is 0 Å². The second kappa shape index (κ2) is 69.6. The molecule has 0 aromatic heterocycles. The zero-order valence-corrected chi connectivity index (χ0v) is 54.3. The van der Waals surface area contributed by atoms with Crippen molar-refractivity contribution in [3.8, 4) is 0 Å². The lowest BCUT2D eigenvalue weighted by Gasteiger charge is -2.18. The van der Waals surface area contributed by atoms with Crippen molar-refractivity contribution >= 4 is 17.9 Å². The first kappa shape index (κ1) is 78.1. The van der Waals surface area contributed by atoms with E-state index >= 15 is 0 Å². The molecule has 0 aliphatic carbocycles. The number of ether oxygens (including phenoxy) is 3. The van der Waals surface area contributed by atoms with Crippen LogP contribution in [0.25, 0.3) is 0 Å². The van der Waals surface area contributed by atoms with Gasteiger partial charge in [-0.15, -0.1) is 0 Å². The van der Waals surface area contributed by atoms with Gasteiger partial charge in [0.25, 0.3) is 0 Å². The van der Waals surface area contributed by atoms with Crippen molar-refractivity contribution in [1.29, 1.82) is 0 Å². The van der Waals surface area contributed by atoms with E-state index in [0.29, 0.717) is 19.3 Å². The number of esters is 3. The summed E-state index contributed by atoms with van der Waals surface area (Å²) in [6.07, 6.45) is 89.8. The van der Waals surface area contributed by atoms with Crippen molar-refractivity contribution in [2.24, 2.45) is 0 Å². The summed E-state index contributed by atoms with van der Waals surface area (Å²) in [6, 6.07) is 0. The van der Waals surface area contributed by atoms with Crippen molar-refractivity contribution in [3.63, 3.8) is 0 Å². The molecule has 0 aliphatic rings. The first-order chi connectivity index (χ1) is 40.0. The van der Waals surface area contributed by atoms with E-state index in [1.807, 2.05) is 0 Å². The normalized spacial score (nSPS) is 12.4. The predicted octanol–water partition coefficient (Wildman–Crippen LogP) is 24.7. The molecular weight excluding hydrogens is 997 g/mol. The molecule has 0 rings (SSSR count). The molecule has 0 aliphatic heterocycles. The van der Waals surface area contributed by atoms with Crippen LogP contribution in [-0.2, 0) is 28.6 Å². The molecule has 6 heteroatoms. The first-order valence-corrected chi connectivity index (χ1v) is 35.8. The molecule has 0 saturated heterocycles. The zero-order valence-electron chi connectivity index (χ0n) is 54.3. The monoisotopic (exact) mass is 1130 g/mol. The van der Waals surface area contributed by atoms with E-state index < -0.39 is 6.10 Å². The van der Waals surface area contributed by atoms with Gasteiger partial charge in [-0.2, -0.15) is 0 Å². The van der Waals surface area contributed by atoms with Gasteiger partial charge in [-0.05, 0) is 64.2 Å². The van der Waals surface area contributed by atoms with Crippen LogP contribution in [0.1, 0.15) is 380 Å². The lowest BCUT2D eigenvalue weighted by atomic mass is 10.0. The van der Waals surface area contributed by atoms with Crippen LogP contribution in [-0.4, -0.2) is 37.2 Å². The summed E-state index contributed by atoms with van der Waals surface area (Å²) in [5.41, 5.74) is 0. The zero-order chi connectivity index (χ0) is 58.5. The number of hydrogen-bond donors (Lipinski definition) is 0. The van der Waals surface area contributed by atoms with Crippen molar-refractivity contribution in [1.82, 2.24) is 0 Å². The Balaban J connectivity index is 4.19. The lowest BCUT2D eigenvalue weighted by Crippen LogP contribution is -2.30. The minimum atomic E-state index is -0.790. The molecule has 0 spiro atoms. The predicted molar refractivity (Wildman–Crippen MR) is 353 cm³/mol. The standard InChI is InChI=1S/C75H136O6/c1-4-7-10-13-16-19-22-25-27-29-31-32-33-34-35-36-37-38-39-40-41-42-44-45-47-50-53-56-59-62-65-68-74(77)80-71-72(70-79-73(76)67-64-61-58-55-52-49-24-21-18-15-12-9-6-3)81-75(78)69-66-63-60-57-54-51-48-46-43-30-28-26-23-20-17-14-11-8-5-2/h8,11,17,20,26,28,43,46,51,54,72H,4-7,9-10,12-16,18-19,21-25,27,29-42,44-45,47-50,52-53,55-71H2,1-3H3/b11-8-,20-17-,28-26-,46-43-,54-51-. The Morgan fingerprint density at radius 1 is 0.259 bits per heavy atom. The number of unbranched alkanes of at least 4 members (excludes halogenated alkanes) is 45. The SMILES string of the molecule is CC/C=C\C/C=C\C/C=C\C/C=C\C/C=C\CCCCCC(=O)OC(COC(=O)CCCCCCCCCCCCCCC)COC(=O)CCCCCCCCCCCCCCCCCCCCCCCCCCCCCCCCC. The fourth-order valence-electron chi connectivity index (χ4n) is 10.7. The molecular formula is C75H136O6. The molecule has 0 fully saturated rings. The third-order valence-corrected chi connectivity index (χ3v) is 16.0. The molecule has 0 bridgehead atoms. The minimum Gasteiger partial charge on any atom is -0.462 e. The third kappa shape index (κ3) is 67.8. The van der Waals surface area contributed by atoms with E-state index in [1.54, 1.807) is 0 Å². The number of hydrogen-bond acceptors (Lipinski definition) is 6. The van der Waals surface area contributed by atoms with Crippen LogP contribution in [0.15, 0.2) is 60.8 Å². The molecule has 0 saturated carbocycles. The van der Waals surface area contributed by atoms with Crippen molar-refractivity contribution in [2.45, 2.75) is 386 Å². The summed E-state index contributed by atoms with van der Waals surface area (Å²) < 4.78 is 16.9. The maximum Gasteiger partial charge on any atom is 0.306 e. The largest absolute Gasteiger partial charge is 0.462 e. The van der Waals surface area contributed by atoms with E-state index in [-0.39, 0.29) is 31.1 Å². The van der Waals surface area contributed by atoms with Crippen molar-refractivity contribution in [2.75, 3.05) is 13.2 Å². The van der Waals surface area contributed by atoms with Crippen LogP contribution < -0.4 is 0 Å². The highest BCUT2D eigenvalue weighted by Crippen LogP contribution is 2.19. The Kier molecular flexibility index (Phi) is 67.1. The van der Waals surface area contributed by atoms with Crippen LogP contribution in [0.4, 0.5) is 0 Å². The minimum absolute atomic E-state index is 0.0831. The number of carbonyl (C=O) groups is 3. The molecule has 472 valence electrons. The molecule has 0 radical (unpaired) electrons. The van der Waals surface area contributed by atoms with Crippen molar-refractivity contribution < 1.29 is 28.6 Å². The van der Waals surface area contributed by atoms with E-state index in [1.165, 1.54) is 244 Å². The summed E-state index contributed by atoms with van der Waals surface area (Å²) in [5.74, 6) is -0.892. The van der Waals surface area contributed by atoms with Crippen LogP contribution in [0, 0.1) is 0 Å². The fraction of sp³-hybridized carbons (Fsp3) is 0.827. The highest BCUT2D eigenvalue weighted by molar-refractivity contribution is 5.71. The Labute approximate surface area is 504 Å². The average molecular weight is 1130 g/mol.